The molecule has 1 aromatic carbocycles. The summed E-state index contributed by atoms with van der Waals surface area (Å²) in [6, 6.07) is 2.96. The van der Waals surface area contributed by atoms with E-state index in [4.69, 9.17) is 15.2 Å². The van der Waals surface area contributed by atoms with Crippen LogP contribution in [0, 0.1) is 11.6 Å². The molecule has 8 nitrogen and oxygen atoms in total. The Morgan fingerprint density at radius 1 is 1.27 bits per heavy atom. The van der Waals surface area contributed by atoms with Gasteiger partial charge in [0.25, 0.3) is 0 Å². The highest BCUT2D eigenvalue weighted by Crippen LogP contribution is 2.32. The zero-order chi connectivity index (χ0) is 18.3. The van der Waals surface area contributed by atoms with Gasteiger partial charge in [-0.2, -0.15) is 9.97 Å². The lowest BCUT2D eigenvalue weighted by Gasteiger charge is -2.14. The average molecular weight is 363 g/mol. The first-order chi connectivity index (χ1) is 12.5. The van der Waals surface area contributed by atoms with Gasteiger partial charge in [0.1, 0.15) is 12.0 Å². The maximum Gasteiger partial charge on any atom is 0.326 e. The number of fused-ring (bicyclic) bond motifs is 1. The molecular weight excluding hydrogens is 348 g/mol. The highest BCUT2D eigenvalue weighted by atomic mass is 19.2. The lowest BCUT2D eigenvalue weighted by Crippen LogP contribution is -2.14. The number of aliphatic hydroxyl groups is 1. The van der Waals surface area contributed by atoms with Crippen LogP contribution in [0.3, 0.4) is 0 Å². The lowest BCUT2D eigenvalue weighted by atomic mass is 10.2. The first-order valence-electron chi connectivity index (χ1n) is 7.94. The van der Waals surface area contributed by atoms with E-state index in [1.165, 1.54) is 12.4 Å². The van der Waals surface area contributed by atoms with Crippen LogP contribution >= 0.6 is 0 Å². The first-order valence-corrected chi connectivity index (χ1v) is 7.94. The summed E-state index contributed by atoms with van der Waals surface area (Å²) in [7, 11) is 0. The summed E-state index contributed by atoms with van der Waals surface area (Å²) in [5.41, 5.74) is 6.67. The van der Waals surface area contributed by atoms with Crippen LogP contribution in [-0.2, 0) is 4.74 Å². The van der Waals surface area contributed by atoms with Gasteiger partial charge in [0, 0.05) is 6.07 Å². The van der Waals surface area contributed by atoms with Crippen molar-refractivity contribution in [1.82, 2.24) is 19.5 Å². The third kappa shape index (κ3) is 2.93. The Morgan fingerprint density at radius 2 is 2.12 bits per heavy atom. The quantitative estimate of drug-likeness (QED) is 0.731. The highest BCUT2D eigenvalue weighted by molar-refractivity contribution is 5.82. The lowest BCUT2D eigenvalue weighted by molar-refractivity contribution is -0.0207. The predicted octanol–water partition coefficient (Wildman–Crippen LogP) is 2.15. The minimum Gasteiger partial charge on any atom is -0.424 e. The van der Waals surface area contributed by atoms with Crippen LogP contribution in [0.15, 0.2) is 24.5 Å². The van der Waals surface area contributed by atoms with Gasteiger partial charge in [-0.05, 0) is 25.0 Å². The number of aromatic nitrogens is 4. The minimum absolute atomic E-state index is 0.0335. The summed E-state index contributed by atoms with van der Waals surface area (Å²) in [4.78, 5) is 12.5. The fourth-order valence-electron chi connectivity index (χ4n) is 2.85. The van der Waals surface area contributed by atoms with E-state index in [1.54, 1.807) is 4.57 Å². The number of aliphatic hydroxyl groups excluding tert-OH is 1. The SMILES string of the molecule is Nc1nc(Oc2ccc(F)c(F)c2)nc2c1ncn2C1CCC(CO)O1. The van der Waals surface area contributed by atoms with Gasteiger partial charge in [0.15, 0.2) is 28.6 Å². The van der Waals surface area contributed by atoms with Crippen molar-refractivity contribution in [3.05, 3.63) is 36.2 Å². The molecule has 0 spiro atoms. The molecule has 4 rings (SSSR count). The van der Waals surface area contributed by atoms with Crippen LogP contribution in [0.4, 0.5) is 14.6 Å². The molecule has 1 saturated heterocycles. The van der Waals surface area contributed by atoms with Crippen LogP contribution in [0.5, 0.6) is 11.8 Å². The van der Waals surface area contributed by atoms with E-state index < -0.39 is 11.6 Å². The molecule has 0 amide bonds. The van der Waals surface area contributed by atoms with Crippen molar-refractivity contribution in [2.45, 2.75) is 25.2 Å². The second kappa shape index (κ2) is 6.46. The van der Waals surface area contributed by atoms with Gasteiger partial charge < -0.3 is 20.3 Å². The Kier molecular flexibility index (Phi) is 4.13. The smallest absolute Gasteiger partial charge is 0.326 e. The monoisotopic (exact) mass is 363 g/mol. The number of hydrogen-bond acceptors (Lipinski definition) is 7. The van der Waals surface area contributed by atoms with Gasteiger partial charge in [-0.1, -0.05) is 0 Å². The van der Waals surface area contributed by atoms with Crippen molar-refractivity contribution >= 4 is 17.0 Å². The van der Waals surface area contributed by atoms with Crippen molar-refractivity contribution < 1.29 is 23.4 Å². The summed E-state index contributed by atoms with van der Waals surface area (Å²) in [6.45, 7) is -0.0647. The Morgan fingerprint density at radius 3 is 2.85 bits per heavy atom. The number of rotatable bonds is 4. The first kappa shape index (κ1) is 16.6. The second-order valence-corrected chi connectivity index (χ2v) is 5.87. The topological polar surface area (TPSA) is 108 Å². The van der Waals surface area contributed by atoms with Crippen molar-refractivity contribution in [1.29, 1.82) is 0 Å². The molecule has 0 aliphatic carbocycles. The average Bonchev–Trinajstić information content (AvgIpc) is 3.24. The van der Waals surface area contributed by atoms with E-state index in [-0.39, 0.29) is 36.5 Å². The van der Waals surface area contributed by atoms with Gasteiger partial charge in [-0.3, -0.25) is 4.57 Å². The molecule has 10 heteroatoms. The number of halogens is 2. The number of nitrogens with two attached hydrogens (primary N) is 1. The Bertz CT molecular complexity index is 964. The van der Waals surface area contributed by atoms with E-state index in [2.05, 4.69) is 15.0 Å². The molecule has 1 aliphatic heterocycles. The zero-order valence-corrected chi connectivity index (χ0v) is 13.5. The maximum absolute atomic E-state index is 13.3. The molecule has 0 saturated carbocycles. The molecule has 1 fully saturated rings. The summed E-state index contributed by atoms with van der Waals surface area (Å²) in [6.07, 6.45) is 2.33. The van der Waals surface area contributed by atoms with Crippen LogP contribution in [0.25, 0.3) is 11.2 Å². The number of nitrogens with zero attached hydrogens (tertiary/aromatic N) is 4. The maximum atomic E-state index is 13.3. The number of hydrogen-bond donors (Lipinski definition) is 2. The number of anilines is 1. The molecule has 26 heavy (non-hydrogen) atoms. The minimum atomic E-state index is -1.05. The predicted molar refractivity (Wildman–Crippen MR) is 86.4 cm³/mol. The van der Waals surface area contributed by atoms with Crippen molar-refractivity contribution in [2.75, 3.05) is 12.3 Å². The molecule has 2 unspecified atom stereocenters. The van der Waals surface area contributed by atoms with Gasteiger partial charge in [0.2, 0.25) is 0 Å². The van der Waals surface area contributed by atoms with Crippen LogP contribution in [-0.4, -0.2) is 37.3 Å². The fraction of sp³-hybridized carbons (Fsp3) is 0.312. The Labute approximate surface area is 146 Å². The summed E-state index contributed by atoms with van der Waals surface area (Å²) >= 11 is 0. The van der Waals surface area contributed by atoms with Gasteiger partial charge in [0.05, 0.1) is 19.0 Å². The highest BCUT2D eigenvalue weighted by Gasteiger charge is 2.28. The Hall–Kier alpha value is -2.85. The van der Waals surface area contributed by atoms with E-state index >= 15 is 0 Å². The van der Waals surface area contributed by atoms with Crippen molar-refractivity contribution in [2.24, 2.45) is 0 Å². The molecule has 0 bridgehead atoms. The molecule has 3 N–H and O–H groups in total. The van der Waals surface area contributed by atoms with Crippen LogP contribution in [0.1, 0.15) is 19.1 Å². The molecule has 2 aromatic heterocycles. The third-order valence-corrected chi connectivity index (χ3v) is 4.13. The molecule has 136 valence electrons. The van der Waals surface area contributed by atoms with Crippen LogP contribution < -0.4 is 10.5 Å². The van der Waals surface area contributed by atoms with Gasteiger partial charge in [-0.25, -0.2) is 13.8 Å². The summed E-state index contributed by atoms with van der Waals surface area (Å²) in [5.74, 6) is -1.91. The Balaban J connectivity index is 1.68. The molecule has 2 atom stereocenters. The fourth-order valence-corrected chi connectivity index (χ4v) is 2.85. The molecule has 0 radical (unpaired) electrons. The number of benzene rings is 1. The zero-order valence-electron chi connectivity index (χ0n) is 13.5. The molecule has 1 aliphatic rings. The standard InChI is InChI=1S/C16H15F2N5O3/c17-10-3-1-8(5-11(10)18)26-16-21-14(19)13-15(22-16)23(7-20-13)12-4-2-9(6-24)25-12/h1,3,5,7,9,12,24H,2,4,6H2,(H2,19,21,22). The van der Waals surface area contributed by atoms with Crippen molar-refractivity contribution in [3.63, 3.8) is 0 Å². The summed E-state index contributed by atoms with van der Waals surface area (Å²) < 4.78 is 39.2. The van der Waals surface area contributed by atoms with E-state index in [9.17, 15) is 13.9 Å². The molecule has 3 aromatic rings. The van der Waals surface area contributed by atoms with E-state index in [0.717, 1.165) is 12.1 Å². The number of nitrogen functional groups attached to an aromatic ring is 1. The normalized spacial score (nSPS) is 20.0. The number of ether oxygens (including phenoxy) is 2. The molecular formula is C16H15F2N5O3. The molecule has 3 heterocycles. The third-order valence-electron chi connectivity index (χ3n) is 4.13. The van der Waals surface area contributed by atoms with Gasteiger partial charge >= 0.3 is 6.01 Å². The van der Waals surface area contributed by atoms with Crippen molar-refractivity contribution in [3.8, 4) is 11.8 Å². The second-order valence-electron chi connectivity index (χ2n) is 5.87. The van der Waals surface area contributed by atoms with Gasteiger partial charge in [-0.15, -0.1) is 0 Å². The largest absolute Gasteiger partial charge is 0.424 e. The number of imidazole rings is 1. The summed E-state index contributed by atoms with van der Waals surface area (Å²) in [5, 5.41) is 9.22. The van der Waals surface area contributed by atoms with Crippen LogP contribution in [0.2, 0.25) is 0 Å². The van der Waals surface area contributed by atoms with E-state index in [0.29, 0.717) is 24.0 Å². The van der Waals surface area contributed by atoms with E-state index in [1.807, 2.05) is 0 Å².